The number of halogens is 3. The molecule has 1 aliphatic carbocycles. The average molecular weight is 345 g/mol. The Bertz CT molecular complexity index is 781. The fourth-order valence-electron chi connectivity index (χ4n) is 2.59. The SMILES string of the molecule is CC(/C=C/c1ccc(-c2ccc(OC(F)(F)F)cc2)nc1)=C1CCC1. The van der Waals surface area contributed by atoms with Gasteiger partial charge in [0.1, 0.15) is 5.75 Å². The van der Waals surface area contributed by atoms with E-state index in [1.54, 1.807) is 18.3 Å². The van der Waals surface area contributed by atoms with Crippen LogP contribution in [-0.4, -0.2) is 11.3 Å². The molecule has 0 saturated heterocycles. The molecule has 1 aliphatic rings. The first-order valence-electron chi connectivity index (χ1n) is 8.10. The molecule has 0 N–H and O–H groups in total. The van der Waals surface area contributed by atoms with Crippen LogP contribution in [-0.2, 0) is 0 Å². The van der Waals surface area contributed by atoms with Crippen LogP contribution in [0.4, 0.5) is 13.2 Å². The Morgan fingerprint density at radius 1 is 1.08 bits per heavy atom. The number of rotatable bonds is 4. The van der Waals surface area contributed by atoms with Crippen molar-refractivity contribution in [1.29, 1.82) is 0 Å². The lowest BCUT2D eigenvalue weighted by molar-refractivity contribution is -0.274. The predicted molar refractivity (Wildman–Crippen MR) is 91.9 cm³/mol. The minimum absolute atomic E-state index is 0.240. The molecular formula is C20H18F3NO. The topological polar surface area (TPSA) is 22.1 Å². The molecular weight excluding hydrogens is 327 g/mol. The number of hydrogen-bond donors (Lipinski definition) is 0. The maximum atomic E-state index is 12.2. The third-order valence-electron chi connectivity index (χ3n) is 4.21. The van der Waals surface area contributed by atoms with Gasteiger partial charge in [-0.1, -0.05) is 29.4 Å². The summed E-state index contributed by atoms with van der Waals surface area (Å²) in [5.41, 5.74) is 5.25. The van der Waals surface area contributed by atoms with Crippen molar-refractivity contribution in [2.45, 2.75) is 32.5 Å². The Hall–Kier alpha value is -2.56. The van der Waals surface area contributed by atoms with E-state index in [2.05, 4.69) is 22.7 Å². The molecule has 5 heteroatoms. The summed E-state index contributed by atoms with van der Waals surface area (Å²) in [4.78, 5) is 4.38. The van der Waals surface area contributed by atoms with Gasteiger partial charge in [-0.3, -0.25) is 4.98 Å². The third-order valence-corrected chi connectivity index (χ3v) is 4.21. The third kappa shape index (κ3) is 4.72. The molecule has 0 spiro atoms. The van der Waals surface area contributed by atoms with Gasteiger partial charge in [-0.2, -0.15) is 0 Å². The molecule has 1 fully saturated rings. The number of benzene rings is 1. The van der Waals surface area contributed by atoms with Crippen LogP contribution in [0, 0.1) is 0 Å². The molecule has 0 atom stereocenters. The van der Waals surface area contributed by atoms with Crippen LogP contribution in [0.5, 0.6) is 5.75 Å². The summed E-state index contributed by atoms with van der Waals surface area (Å²) in [6.07, 6.45) is 4.88. The largest absolute Gasteiger partial charge is 0.573 e. The van der Waals surface area contributed by atoms with Gasteiger partial charge in [0, 0.05) is 11.8 Å². The van der Waals surface area contributed by atoms with E-state index in [9.17, 15) is 13.2 Å². The number of hydrogen-bond acceptors (Lipinski definition) is 2. The minimum atomic E-state index is -4.68. The number of ether oxygens (including phenoxy) is 1. The lowest BCUT2D eigenvalue weighted by Gasteiger charge is -2.18. The number of pyridine rings is 1. The van der Waals surface area contributed by atoms with E-state index in [1.807, 2.05) is 18.2 Å². The molecule has 0 bridgehead atoms. The second-order valence-corrected chi connectivity index (χ2v) is 6.02. The second kappa shape index (κ2) is 7.13. The molecule has 0 unspecified atom stereocenters. The van der Waals surface area contributed by atoms with E-state index >= 15 is 0 Å². The Balaban J connectivity index is 1.68. The predicted octanol–water partition coefficient (Wildman–Crippen LogP) is 6.16. The molecule has 25 heavy (non-hydrogen) atoms. The van der Waals surface area contributed by atoms with Gasteiger partial charge in [-0.25, -0.2) is 0 Å². The van der Waals surface area contributed by atoms with Crippen LogP contribution in [0.2, 0.25) is 0 Å². The molecule has 0 radical (unpaired) electrons. The summed E-state index contributed by atoms with van der Waals surface area (Å²) in [5.74, 6) is -0.240. The quantitative estimate of drug-likeness (QED) is 0.662. The number of aromatic nitrogens is 1. The maximum Gasteiger partial charge on any atom is 0.573 e. The lowest BCUT2D eigenvalue weighted by Crippen LogP contribution is -2.16. The molecule has 0 amide bonds. The van der Waals surface area contributed by atoms with Crippen molar-refractivity contribution in [2.24, 2.45) is 0 Å². The highest BCUT2D eigenvalue weighted by Crippen LogP contribution is 2.29. The van der Waals surface area contributed by atoms with Gasteiger partial charge in [0.15, 0.2) is 0 Å². The Morgan fingerprint density at radius 2 is 1.80 bits per heavy atom. The minimum Gasteiger partial charge on any atom is -0.406 e. The van der Waals surface area contributed by atoms with Crippen molar-refractivity contribution >= 4 is 6.08 Å². The summed E-state index contributed by atoms with van der Waals surface area (Å²) < 4.78 is 40.4. The zero-order valence-electron chi connectivity index (χ0n) is 13.8. The van der Waals surface area contributed by atoms with E-state index in [-0.39, 0.29) is 5.75 Å². The van der Waals surface area contributed by atoms with Crippen molar-refractivity contribution in [3.05, 3.63) is 65.4 Å². The zero-order valence-corrected chi connectivity index (χ0v) is 13.8. The highest BCUT2D eigenvalue weighted by atomic mass is 19.4. The fourth-order valence-corrected chi connectivity index (χ4v) is 2.59. The van der Waals surface area contributed by atoms with Crippen molar-refractivity contribution in [3.8, 4) is 17.0 Å². The van der Waals surface area contributed by atoms with Crippen LogP contribution in [0.1, 0.15) is 31.7 Å². The highest BCUT2D eigenvalue weighted by Gasteiger charge is 2.30. The standard InChI is InChI=1S/C20H18F3NO/c1-14(16-3-2-4-16)5-6-15-7-12-19(24-13-15)17-8-10-18(11-9-17)25-20(21,22)23/h5-13H,2-4H2,1H3/b6-5+. The van der Waals surface area contributed by atoms with Crippen LogP contribution in [0.25, 0.3) is 17.3 Å². The highest BCUT2D eigenvalue weighted by molar-refractivity contribution is 5.62. The number of nitrogens with zero attached hydrogens (tertiary/aromatic N) is 1. The van der Waals surface area contributed by atoms with Gasteiger partial charge >= 0.3 is 6.36 Å². The molecule has 2 nitrogen and oxygen atoms in total. The van der Waals surface area contributed by atoms with Crippen molar-refractivity contribution in [1.82, 2.24) is 4.98 Å². The fraction of sp³-hybridized carbons (Fsp3) is 0.250. The summed E-state index contributed by atoms with van der Waals surface area (Å²) in [5, 5.41) is 0. The molecule has 3 rings (SSSR count). The smallest absolute Gasteiger partial charge is 0.406 e. The monoisotopic (exact) mass is 345 g/mol. The second-order valence-electron chi connectivity index (χ2n) is 6.02. The first-order valence-corrected chi connectivity index (χ1v) is 8.10. The van der Waals surface area contributed by atoms with Gasteiger partial charge in [0.25, 0.3) is 0 Å². The number of allylic oxidation sites excluding steroid dienone is 3. The van der Waals surface area contributed by atoms with E-state index in [4.69, 9.17) is 0 Å². The Kier molecular flexibility index (Phi) is 4.93. The van der Waals surface area contributed by atoms with E-state index < -0.39 is 6.36 Å². The van der Waals surface area contributed by atoms with Crippen LogP contribution >= 0.6 is 0 Å². The summed E-state index contributed by atoms with van der Waals surface area (Å²) >= 11 is 0. The van der Waals surface area contributed by atoms with Gasteiger partial charge in [-0.15, -0.1) is 13.2 Å². The normalized spacial score (nSPS) is 14.5. The molecule has 130 valence electrons. The molecule has 1 aromatic heterocycles. The first kappa shape index (κ1) is 17.3. The molecule has 2 aromatic rings. The molecule has 0 aliphatic heterocycles. The number of alkyl halides is 3. The van der Waals surface area contributed by atoms with E-state index in [0.717, 1.165) is 11.1 Å². The summed E-state index contributed by atoms with van der Waals surface area (Å²) in [6, 6.07) is 9.48. The average Bonchev–Trinajstić information content (AvgIpc) is 2.51. The van der Waals surface area contributed by atoms with Crippen molar-refractivity contribution in [2.75, 3.05) is 0 Å². The molecule has 1 heterocycles. The van der Waals surface area contributed by atoms with Gasteiger partial charge < -0.3 is 4.74 Å². The molecule has 1 saturated carbocycles. The van der Waals surface area contributed by atoms with Crippen molar-refractivity contribution in [3.63, 3.8) is 0 Å². The van der Waals surface area contributed by atoms with E-state index in [0.29, 0.717) is 5.69 Å². The van der Waals surface area contributed by atoms with E-state index in [1.165, 1.54) is 42.5 Å². The van der Waals surface area contributed by atoms with Gasteiger partial charge in [0.05, 0.1) is 5.69 Å². The van der Waals surface area contributed by atoms with Crippen LogP contribution in [0.3, 0.4) is 0 Å². The maximum absolute atomic E-state index is 12.2. The Labute approximate surface area is 144 Å². The van der Waals surface area contributed by atoms with Gasteiger partial charge in [-0.05, 0) is 62.1 Å². The summed E-state index contributed by atoms with van der Waals surface area (Å²) in [7, 11) is 0. The van der Waals surface area contributed by atoms with Crippen LogP contribution < -0.4 is 4.74 Å². The van der Waals surface area contributed by atoms with Crippen LogP contribution in [0.15, 0.2) is 59.8 Å². The van der Waals surface area contributed by atoms with Gasteiger partial charge in [0.2, 0.25) is 0 Å². The zero-order chi connectivity index (χ0) is 17.9. The lowest BCUT2D eigenvalue weighted by atomic mass is 9.88. The molecule has 1 aromatic carbocycles. The first-order chi connectivity index (χ1) is 11.9. The summed E-state index contributed by atoms with van der Waals surface area (Å²) in [6.45, 7) is 2.12. The van der Waals surface area contributed by atoms with Crippen molar-refractivity contribution < 1.29 is 17.9 Å². The Morgan fingerprint density at radius 3 is 2.32 bits per heavy atom.